The first-order valence-corrected chi connectivity index (χ1v) is 17.4. The van der Waals surface area contributed by atoms with E-state index in [0.29, 0.717) is 5.84 Å². The molecule has 4 heteroatoms. The number of amidine groups is 2. The monoisotopic (exact) mass is 651 g/mol. The van der Waals surface area contributed by atoms with E-state index in [1.807, 2.05) is 24.3 Å². The Hall–Kier alpha value is -6.78. The highest BCUT2D eigenvalue weighted by Crippen LogP contribution is 2.51. The molecule has 0 fully saturated rings. The minimum atomic E-state index is -0.279. The molecule has 0 radical (unpaired) electrons. The third-order valence-corrected chi connectivity index (χ3v) is 10.4. The van der Waals surface area contributed by atoms with Gasteiger partial charge in [0.25, 0.3) is 0 Å². The van der Waals surface area contributed by atoms with Crippen LogP contribution in [0, 0.1) is 0 Å². The highest BCUT2D eigenvalue weighted by Gasteiger charge is 2.26. The van der Waals surface area contributed by atoms with Crippen LogP contribution in [0.1, 0.15) is 22.9 Å². The third-order valence-electron chi connectivity index (χ3n) is 10.4. The molecule has 0 saturated heterocycles. The Balaban J connectivity index is 1.14. The van der Waals surface area contributed by atoms with Crippen LogP contribution in [0.15, 0.2) is 178 Å². The SMILES string of the molecule is c1ccc(C2=NC(c3cc(-c4cccc5c4oc4cc6c7c(cccc7c45)-c4ccccc4-6)c4ccccc4c3)=NC(c3ccccc3)N2)cc1. The summed E-state index contributed by atoms with van der Waals surface area (Å²) in [6, 6.07) is 57.8. The summed E-state index contributed by atoms with van der Waals surface area (Å²) in [5.74, 6) is 1.49. The van der Waals surface area contributed by atoms with Gasteiger partial charge in [-0.2, -0.15) is 0 Å². The average molecular weight is 652 g/mol. The van der Waals surface area contributed by atoms with Crippen molar-refractivity contribution < 1.29 is 4.42 Å². The van der Waals surface area contributed by atoms with Gasteiger partial charge in [-0.1, -0.05) is 146 Å². The van der Waals surface area contributed by atoms with Gasteiger partial charge in [-0.05, 0) is 73.1 Å². The van der Waals surface area contributed by atoms with Crippen molar-refractivity contribution in [2.24, 2.45) is 9.98 Å². The van der Waals surface area contributed by atoms with E-state index in [9.17, 15) is 0 Å². The van der Waals surface area contributed by atoms with Crippen LogP contribution in [-0.4, -0.2) is 11.7 Å². The molecule has 2 aliphatic rings. The van der Waals surface area contributed by atoms with E-state index in [-0.39, 0.29) is 6.17 Å². The van der Waals surface area contributed by atoms with E-state index in [0.717, 1.165) is 66.4 Å². The van der Waals surface area contributed by atoms with Crippen LogP contribution >= 0.6 is 0 Å². The van der Waals surface area contributed by atoms with Crippen LogP contribution in [0.25, 0.3) is 76.9 Å². The molecule has 1 unspecified atom stereocenters. The van der Waals surface area contributed by atoms with Crippen molar-refractivity contribution in [1.29, 1.82) is 0 Å². The zero-order chi connectivity index (χ0) is 33.5. The van der Waals surface area contributed by atoms with Gasteiger partial charge in [0.15, 0.2) is 5.84 Å². The van der Waals surface area contributed by atoms with Gasteiger partial charge in [-0.15, -0.1) is 0 Å². The molecule has 0 amide bonds. The van der Waals surface area contributed by atoms with Crippen molar-refractivity contribution in [3.63, 3.8) is 0 Å². The molecule has 1 N–H and O–H groups in total. The summed E-state index contributed by atoms with van der Waals surface area (Å²) in [6.45, 7) is 0. The number of aliphatic imine (C=N–C) groups is 2. The molecular formula is C47H29N3O. The number of nitrogens with zero attached hydrogens (tertiary/aromatic N) is 2. The summed E-state index contributed by atoms with van der Waals surface area (Å²) in [4.78, 5) is 10.4. The van der Waals surface area contributed by atoms with Gasteiger partial charge in [0, 0.05) is 27.5 Å². The van der Waals surface area contributed by atoms with Crippen molar-refractivity contribution in [3.8, 4) is 33.4 Å². The molecule has 1 aromatic heterocycles. The molecule has 51 heavy (non-hydrogen) atoms. The predicted octanol–water partition coefficient (Wildman–Crippen LogP) is 11.7. The van der Waals surface area contributed by atoms with E-state index < -0.39 is 0 Å². The first-order chi connectivity index (χ1) is 25.3. The zero-order valence-corrected chi connectivity index (χ0v) is 27.5. The lowest BCUT2D eigenvalue weighted by Crippen LogP contribution is -2.33. The zero-order valence-electron chi connectivity index (χ0n) is 27.5. The summed E-state index contributed by atoms with van der Waals surface area (Å²) in [5, 5.41) is 10.7. The second-order valence-corrected chi connectivity index (χ2v) is 13.3. The minimum Gasteiger partial charge on any atom is -0.455 e. The van der Waals surface area contributed by atoms with Crippen LogP contribution in [0.4, 0.5) is 0 Å². The van der Waals surface area contributed by atoms with Crippen molar-refractivity contribution in [1.82, 2.24) is 5.32 Å². The van der Waals surface area contributed by atoms with Gasteiger partial charge in [-0.3, -0.25) is 0 Å². The molecule has 1 atom stereocenters. The highest BCUT2D eigenvalue weighted by atomic mass is 16.3. The molecule has 2 heterocycles. The van der Waals surface area contributed by atoms with Crippen molar-refractivity contribution in [2.45, 2.75) is 6.17 Å². The lowest BCUT2D eigenvalue weighted by atomic mass is 9.93. The van der Waals surface area contributed by atoms with Gasteiger partial charge in [-0.25, -0.2) is 9.98 Å². The molecule has 1 aliphatic heterocycles. The van der Waals surface area contributed by atoms with E-state index in [1.54, 1.807) is 0 Å². The quantitative estimate of drug-likeness (QED) is 0.206. The average Bonchev–Trinajstić information content (AvgIpc) is 3.75. The second-order valence-electron chi connectivity index (χ2n) is 13.3. The van der Waals surface area contributed by atoms with Gasteiger partial charge in [0.2, 0.25) is 0 Å². The van der Waals surface area contributed by atoms with Crippen molar-refractivity contribution >= 4 is 55.2 Å². The second kappa shape index (κ2) is 10.9. The normalized spacial score (nSPS) is 14.9. The number of furan rings is 1. The molecule has 9 aromatic rings. The number of hydrogen-bond acceptors (Lipinski definition) is 4. The third kappa shape index (κ3) is 4.26. The largest absolute Gasteiger partial charge is 0.455 e. The lowest BCUT2D eigenvalue weighted by Gasteiger charge is -2.24. The number of hydrogen-bond donors (Lipinski definition) is 1. The molecule has 11 rings (SSSR count). The van der Waals surface area contributed by atoms with Gasteiger partial charge in [0.1, 0.15) is 23.2 Å². The topological polar surface area (TPSA) is 49.9 Å². The van der Waals surface area contributed by atoms with E-state index >= 15 is 0 Å². The van der Waals surface area contributed by atoms with Crippen LogP contribution in [0.3, 0.4) is 0 Å². The Labute approximate surface area is 294 Å². The molecule has 0 saturated carbocycles. The predicted molar refractivity (Wildman–Crippen MR) is 210 cm³/mol. The maximum Gasteiger partial charge on any atom is 0.159 e. The molecule has 4 nitrogen and oxygen atoms in total. The molecule has 238 valence electrons. The fourth-order valence-corrected chi connectivity index (χ4v) is 8.16. The summed E-state index contributed by atoms with van der Waals surface area (Å²) < 4.78 is 6.94. The van der Waals surface area contributed by atoms with Crippen molar-refractivity contribution in [3.05, 3.63) is 180 Å². The van der Waals surface area contributed by atoms with Crippen LogP contribution in [-0.2, 0) is 0 Å². The summed E-state index contributed by atoms with van der Waals surface area (Å²) in [7, 11) is 0. The van der Waals surface area contributed by atoms with Crippen LogP contribution in [0.5, 0.6) is 0 Å². The Morgan fingerprint density at radius 2 is 1.14 bits per heavy atom. The number of fused-ring (bicyclic) bond motifs is 8. The van der Waals surface area contributed by atoms with Gasteiger partial charge >= 0.3 is 0 Å². The molecule has 1 aliphatic carbocycles. The molecular weight excluding hydrogens is 623 g/mol. The molecule has 0 spiro atoms. The maximum atomic E-state index is 6.94. The number of para-hydroxylation sites is 1. The number of nitrogens with one attached hydrogen (secondary N) is 1. The van der Waals surface area contributed by atoms with Crippen LogP contribution in [0.2, 0.25) is 0 Å². The summed E-state index contributed by atoms with van der Waals surface area (Å²) in [6.07, 6.45) is -0.279. The maximum absolute atomic E-state index is 6.94. The van der Waals surface area contributed by atoms with Crippen LogP contribution < -0.4 is 5.32 Å². The van der Waals surface area contributed by atoms with Gasteiger partial charge in [0.05, 0.1) is 0 Å². The van der Waals surface area contributed by atoms with E-state index in [4.69, 9.17) is 14.4 Å². The minimum absolute atomic E-state index is 0.279. The Morgan fingerprint density at radius 3 is 1.98 bits per heavy atom. The van der Waals surface area contributed by atoms with E-state index in [1.165, 1.54) is 33.0 Å². The fraction of sp³-hybridized carbons (Fsp3) is 0.0213. The highest BCUT2D eigenvalue weighted by molar-refractivity contribution is 6.29. The number of benzene rings is 8. The standard InChI is InChI=1S/C47H29N3O/c1-3-13-28(14-4-1)45-48-46(29-15-5-2-6-16-29)50-47(49-45)31-25-30-17-7-8-18-32(30)39(26-31)36-22-12-24-38-43-37-23-11-21-35-33-19-9-10-20-34(33)40(42(35)37)27-41(43)51-44(36)38/h1-27,45H,(H,48,49,50). The van der Waals surface area contributed by atoms with E-state index in [2.05, 4.69) is 145 Å². The first-order valence-electron chi connectivity index (χ1n) is 17.4. The number of rotatable bonds is 4. The Bertz CT molecular complexity index is 2940. The van der Waals surface area contributed by atoms with Crippen molar-refractivity contribution in [2.75, 3.05) is 0 Å². The Morgan fingerprint density at radius 1 is 0.471 bits per heavy atom. The molecule has 0 bridgehead atoms. The summed E-state index contributed by atoms with van der Waals surface area (Å²) >= 11 is 0. The summed E-state index contributed by atoms with van der Waals surface area (Å²) in [5.41, 5.74) is 12.0. The lowest BCUT2D eigenvalue weighted by molar-refractivity contribution is 0.670. The van der Waals surface area contributed by atoms with Gasteiger partial charge < -0.3 is 9.73 Å². The fourth-order valence-electron chi connectivity index (χ4n) is 8.16. The Kier molecular flexibility index (Phi) is 5.98. The first kappa shape index (κ1) is 28.1. The smallest absolute Gasteiger partial charge is 0.159 e. The molecule has 8 aromatic carbocycles.